The molecule has 0 spiro atoms. The number of anilines is 1. The fourth-order valence-electron chi connectivity index (χ4n) is 3.92. The highest BCUT2D eigenvalue weighted by Crippen LogP contribution is 2.30. The van der Waals surface area contributed by atoms with Crippen molar-refractivity contribution in [1.82, 2.24) is 4.31 Å². The van der Waals surface area contributed by atoms with E-state index in [0.717, 1.165) is 27.8 Å². The highest BCUT2D eigenvalue weighted by molar-refractivity contribution is 7.89. The van der Waals surface area contributed by atoms with Crippen LogP contribution >= 0.6 is 0 Å². The first-order valence-electron chi connectivity index (χ1n) is 10.3. The second-order valence-corrected chi connectivity index (χ2v) is 9.98. The summed E-state index contributed by atoms with van der Waals surface area (Å²) in [5.74, 6) is -0.320. The maximum atomic E-state index is 13.5. The highest BCUT2D eigenvalue weighted by atomic mass is 32.2. The van der Waals surface area contributed by atoms with E-state index in [2.05, 4.69) is 5.32 Å². The van der Waals surface area contributed by atoms with Gasteiger partial charge >= 0.3 is 0 Å². The lowest BCUT2D eigenvalue weighted by atomic mass is 9.95. The summed E-state index contributed by atoms with van der Waals surface area (Å²) in [4.78, 5) is 13.6. The summed E-state index contributed by atoms with van der Waals surface area (Å²) < 4.78 is 28.4. The monoisotopic (exact) mass is 434 g/mol. The van der Waals surface area contributed by atoms with Gasteiger partial charge in [0.25, 0.3) is 0 Å². The molecule has 3 aromatic carbocycles. The molecule has 1 aliphatic rings. The molecule has 6 heteroatoms. The Balaban J connectivity index is 1.73. The first-order chi connectivity index (χ1) is 14.8. The fourth-order valence-corrected chi connectivity index (χ4v) is 5.49. The molecule has 0 aliphatic carbocycles. The quantitative estimate of drug-likeness (QED) is 0.663. The van der Waals surface area contributed by atoms with Crippen LogP contribution in [0.3, 0.4) is 0 Å². The van der Waals surface area contributed by atoms with Crippen molar-refractivity contribution in [2.24, 2.45) is 0 Å². The predicted molar refractivity (Wildman–Crippen MR) is 122 cm³/mol. The van der Waals surface area contributed by atoms with Crippen molar-refractivity contribution >= 4 is 21.6 Å². The van der Waals surface area contributed by atoms with Gasteiger partial charge in [0, 0.05) is 12.2 Å². The Morgan fingerprint density at radius 1 is 0.903 bits per heavy atom. The second kappa shape index (κ2) is 8.29. The van der Waals surface area contributed by atoms with Crippen molar-refractivity contribution in [3.63, 3.8) is 0 Å². The average molecular weight is 435 g/mol. The van der Waals surface area contributed by atoms with E-state index >= 15 is 0 Å². The molecule has 0 aromatic heterocycles. The lowest BCUT2D eigenvalue weighted by Crippen LogP contribution is -2.50. The molecule has 0 fully saturated rings. The standard InChI is InChI=1S/C25H26N2O3S/c1-17-11-13-22(14-12-17)31(29,30)27-16-21-9-5-4-8-20(21)15-24(27)25(28)26-23-10-6-7-18(2)19(23)3/h4-14,24H,15-16H2,1-3H3,(H,26,28)/t24-/m0/s1. The van der Waals surface area contributed by atoms with Crippen LogP contribution in [-0.2, 0) is 27.8 Å². The van der Waals surface area contributed by atoms with Crippen LogP contribution in [0.25, 0.3) is 0 Å². The Bertz CT molecular complexity index is 1230. The van der Waals surface area contributed by atoms with Gasteiger partial charge in [-0.1, -0.05) is 54.1 Å². The summed E-state index contributed by atoms with van der Waals surface area (Å²) in [6.07, 6.45) is 0.331. The third kappa shape index (κ3) is 4.13. The molecule has 1 atom stereocenters. The number of amides is 1. The van der Waals surface area contributed by atoms with Gasteiger partial charge in [0.05, 0.1) is 4.90 Å². The van der Waals surface area contributed by atoms with Crippen LogP contribution < -0.4 is 5.32 Å². The van der Waals surface area contributed by atoms with Crippen LogP contribution in [0.1, 0.15) is 27.8 Å². The molecule has 1 heterocycles. The second-order valence-electron chi connectivity index (χ2n) is 8.09. The summed E-state index contributed by atoms with van der Waals surface area (Å²) >= 11 is 0. The average Bonchev–Trinajstić information content (AvgIpc) is 2.76. The number of carbonyl (C=O) groups is 1. The van der Waals surface area contributed by atoms with Crippen molar-refractivity contribution < 1.29 is 13.2 Å². The summed E-state index contributed by atoms with van der Waals surface area (Å²) in [7, 11) is -3.85. The number of nitrogens with zero attached hydrogens (tertiary/aromatic N) is 1. The summed E-state index contributed by atoms with van der Waals surface area (Å²) in [6, 6.07) is 19.3. The van der Waals surface area contributed by atoms with Crippen molar-refractivity contribution in [2.45, 2.75) is 44.7 Å². The van der Waals surface area contributed by atoms with E-state index < -0.39 is 16.1 Å². The minimum absolute atomic E-state index is 0.164. The largest absolute Gasteiger partial charge is 0.324 e. The topological polar surface area (TPSA) is 66.5 Å². The number of carbonyl (C=O) groups excluding carboxylic acids is 1. The number of sulfonamides is 1. The van der Waals surface area contributed by atoms with Crippen molar-refractivity contribution in [3.8, 4) is 0 Å². The molecule has 1 amide bonds. The SMILES string of the molecule is Cc1ccc(S(=O)(=O)N2Cc3ccccc3C[C@H]2C(=O)Nc2cccc(C)c2C)cc1. The molecule has 1 N–H and O–H groups in total. The zero-order chi connectivity index (χ0) is 22.2. The first-order valence-corrected chi connectivity index (χ1v) is 11.7. The van der Waals surface area contributed by atoms with E-state index in [-0.39, 0.29) is 17.3 Å². The molecular formula is C25H26N2O3S. The molecule has 0 saturated carbocycles. The Morgan fingerprint density at radius 2 is 1.58 bits per heavy atom. The van der Waals surface area contributed by atoms with Gasteiger partial charge in [0.2, 0.25) is 15.9 Å². The summed E-state index contributed by atoms with van der Waals surface area (Å²) in [5, 5.41) is 2.97. The van der Waals surface area contributed by atoms with Gasteiger partial charge in [-0.2, -0.15) is 4.31 Å². The first kappa shape index (κ1) is 21.3. The zero-order valence-electron chi connectivity index (χ0n) is 17.9. The van der Waals surface area contributed by atoms with Crippen molar-refractivity contribution in [2.75, 3.05) is 5.32 Å². The number of fused-ring (bicyclic) bond motifs is 1. The predicted octanol–water partition coefficient (Wildman–Crippen LogP) is 4.37. The lowest BCUT2D eigenvalue weighted by molar-refractivity contribution is -0.120. The van der Waals surface area contributed by atoms with Crippen molar-refractivity contribution in [1.29, 1.82) is 0 Å². The molecular weight excluding hydrogens is 408 g/mol. The number of benzene rings is 3. The minimum atomic E-state index is -3.85. The van der Waals surface area contributed by atoms with Gasteiger partial charge < -0.3 is 5.32 Å². The molecule has 0 saturated heterocycles. The maximum absolute atomic E-state index is 13.5. The molecule has 5 nitrogen and oxygen atoms in total. The lowest BCUT2D eigenvalue weighted by Gasteiger charge is -2.35. The number of hydrogen-bond acceptors (Lipinski definition) is 3. The van der Waals surface area contributed by atoms with E-state index in [9.17, 15) is 13.2 Å². The van der Waals surface area contributed by atoms with E-state index in [1.807, 2.05) is 63.2 Å². The van der Waals surface area contributed by atoms with E-state index in [4.69, 9.17) is 0 Å². The van der Waals surface area contributed by atoms with Crippen LogP contribution in [0.2, 0.25) is 0 Å². The van der Waals surface area contributed by atoms with Crippen LogP contribution in [0.4, 0.5) is 5.69 Å². The van der Waals surface area contributed by atoms with E-state index in [1.165, 1.54) is 4.31 Å². The van der Waals surface area contributed by atoms with Gasteiger partial charge in [0.1, 0.15) is 6.04 Å². The Hall–Kier alpha value is -2.96. The van der Waals surface area contributed by atoms with E-state index in [1.54, 1.807) is 24.3 Å². The molecule has 0 unspecified atom stereocenters. The third-order valence-corrected chi connectivity index (χ3v) is 7.87. The zero-order valence-corrected chi connectivity index (χ0v) is 18.7. The number of nitrogens with one attached hydrogen (secondary N) is 1. The van der Waals surface area contributed by atoms with E-state index in [0.29, 0.717) is 12.1 Å². The molecule has 31 heavy (non-hydrogen) atoms. The van der Waals surface area contributed by atoms with Gasteiger partial charge in [-0.25, -0.2) is 8.42 Å². The van der Waals surface area contributed by atoms with Gasteiger partial charge in [-0.05, 0) is 67.6 Å². The summed E-state index contributed by atoms with van der Waals surface area (Å²) in [6.45, 7) is 6.00. The minimum Gasteiger partial charge on any atom is -0.324 e. The number of aryl methyl sites for hydroxylation is 2. The Morgan fingerprint density at radius 3 is 2.29 bits per heavy atom. The molecule has 160 valence electrons. The number of hydrogen-bond donors (Lipinski definition) is 1. The van der Waals surface area contributed by atoms with Crippen LogP contribution in [0.5, 0.6) is 0 Å². The Labute approximate surface area is 183 Å². The molecule has 3 aromatic rings. The van der Waals surface area contributed by atoms with Crippen LogP contribution in [0, 0.1) is 20.8 Å². The third-order valence-electron chi connectivity index (χ3n) is 6.00. The van der Waals surface area contributed by atoms with Gasteiger partial charge in [-0.3, -0.25) is 4.79 Å². The Kier molecular flexibility index (Phi) is 5.69. The van der Waals surface area contributed by atoms with Crippen molar-refractivity contribution in [3.05, 3.63) is 94.5 Å². The van der Waals surface area contributed by atoms with Crippen LogP contribution in [0.15, 0.2) is 71.6 Å². The maximum Gasteiger partial charge on any atom is 0.244 e. The van der Waals surface area contributed by atoms with Gasteiger partial charge in [0.15, 0.2) is 0 Å². The molecule has 4 rings (SSSR count). The molecule has 1 aliphatic heterocycles. The summed E-state index contributed by atoms with van der Waals surface area (Å²) in [5.41, 5.74) is 5.65. The highest BCUT2D eigenvalue weighted by Gasteiger charge is 2.39. The molecule has 0 radical (unpaired) electrons. The normalized spacial score (nSPS) is 16.5. The number of rotatable bonds is 4. The molecule has 0 bridgehead atoms. The van der Waals surface area contributed by atoms with Gasteiger partial charge in [-0.15, -0.1) is 0 Å². The fraction of sp³-hybridized carbons (Fsp3) is 0.240. The smallest absolute Gasteiger partial charge is 0.244 e. The van der Waals surface area contributed by atoms with Crippen LogP contribution in [-0.4, -0.2) is 24.7 Å².